The van der Waals surface area contributed by atoms with Crippen LogP contribution in [0.4, 0.5) is 8.78 Å². The summed E-state index contributed by atoms with van der Waals surface area (Å²) in [4.78, 5) is 0. The molecule has 1 aliphatic rings. The van der Waals surface area contributed by atoms with Crippen LogP contribution in [0.2, 0.25) is 0 Å². The van der Waals surface area contributed by atoms with Gasteiger partial charge in [-0.15, -0.1) is 0 Å². The molecule has 0 saturated heterocycles. The Bertz CT molecular complexity index is 425. The van der Waals surface area contributed by atoms with Gasteiger partial charge in [0.1, 0.15) is 11.9 Å². The van der Waals surface area contributed by atoms with Gasteiger partial charge in [0.2, 0.25) is 0 Å². The second kappa shape index (κ2) is 6.33. The van der Waals surface area contributed by atoms with Crippen molar-refractivity contribution in [2.75, 3.05) is 6.54 Å². The maximum Gasteiger partial charge on any atom is 0.167 e. The second-order valence-electron chi connectivity index (χ2n) is 5.31. The van der Waals surface area contributed by atoms with Gasteiger partial charge in [0.15, 0.2) is 11.6 Å². The van der Waals surface area contributed by atoms with E-state index in [0.29, 0.717) is 5.92 Å². The molecule has 0 heterocycles. The molecule has 1 aromatic rings. The minimum atomic E-state index is -0.631. The molecule has 0 aromatic heterocycles. The summed E-state index contributed by atoms with van der Waals surface area (Å²) in [5.41, 5.74) is 0. The highest BCUT2D eigenvalue weighted by Crippen LogP contribution is 2.29. The van der Waals surface area contributed by atoms with E-state index in [1.807, 2.05) is 6.92 Å². The fourth-order valence-corrected chi connectivity index (χ4v) is 2.69. The molecule has 4 heteroatoms. The molecule has 3 atom stereocenters. The summed E-state index contributed by atoms with van der Waals surface area (Å²) in [6, 6.07) is 3.70. The highest BCUT2D eigenvalue weighted by Gasteiger charge is 2.30. The third kappa shape index (κ3) is 3.66. The van der Waals surface area contributed by atoms with Crippen LogP contribution in [-0.2, 0) is 0 Å². The van der Waals surface area contributed by atoms with Crippen molar-refractivity contribution in [1.29, 1.82) is 0 Å². The number of ether oxygens (including phenoxy) is 1. The third-order valence-corrected chi connectivity index (χ3v) is 3.69. The number of rotatable bonds is 4. The van der Waals surface area contributed by atoms with Crippen LogP contribution in [0.15, 0.2) is 18.2 Å². The van der Waals surface area contributed by atoms with E-state index in [4.69, 9.17) is 4.74 Å². The number of likely N-dealkylation sites (N-methyl/N-ethyl adjacent to an activating group) is 1. The van der Waals surface area contributed by atoms with Gasteiger partial charge in [0, 0.05) is 12.1 Å². The Labute approximate surface area is 113 Å². The van der Waals surface area contributed by atoms with Crippen molar-refractivity contribution in [2.45, 2.75) is 45.3 Å². The summed E-state index contributed by atoms with van der Waals surface area (Å²) < 4.78 is 32.3. The van der Waals surface area contributed by atoms with Gasteiger partial charge in [0.25, 0.3) is 0 Å². The van der Waals surface area contributed by atoms with E-state index in [2.05, 4.69) is 12.2 Å². The summed E-state index contributed by atoms with van der Waals surface area (Å²) in [7, 11) is 0. The minimum Gasteiger partial charge on any atom is -0.486 e. The Morgan fingerprint density at radius 1 is 1.32 bits per heavy atom. The molecule has 2 rings (SSSR count). The number of hydrogen-bond acceptors (Lipinski definition) is 2. The Morgan fingerprint density at radius 2 is 2.11 bits per heavy atom. The lowest BCUT2D eigenvalue weighted by Gasteiger charge is -2.35. The Balaban J connectivity index is 2.09. The van der Waals surface area contributed by atoms with Crippen LogP contribution < -0.4 is 10.1 Å². The van der Waals surface area contributed by atoms with Gasteiger partial charge in [-0.3, -0.25) is 0 Å². The first kappa shape index (κ1) is 14.3. The van der Waals surface area contributed by atoms with E-state index in [0.717, 1.165) is 31.9 Å². The van der Waals surface area contributed by atoms with Gasteiger partial charge in [0.05, 0.1) is 0 Å². The maximum absolute atomic E-state index is 13.6. The van der Waals surface area contributed by atoms with Crippen molar-refractivity contribution < 1.29 is 13.5 Å². The normalized spacial score (nSPS) is 27.3. The molecule has 1 saturated carbocycles. The van der Waals surface area contributed by atoms with Crippen molar-refractivity contribution in [3.63, 3.8) is 0 Å². The molecule has 2 nitrogen and oxygen atoms in total. The molecule has 0 bridgehead atoms. The fourth-order valence-electron chi connectivity index (χ4n) is 2.69. The predicted octanol–water partition coefficient (Wildman–Crippen LogP) is 3.51. The van der Waals surface area contributed by atoms with Crippen LogP contribution in [0.5, 0.6) is 5.75 Å². The van der Waals surface area contributed by atoms with Gasteiger partial charge in [-0.05, 0) is 43.9 Å². The zero-order valence-corrected chi connectivity index (χ0v) is 11.5. The quantitative estimate of drug-likeness (QED) is 0.903. The number of nitrogens with one attached hydrogen (secondary N) is 1. The SMILES string of the molecule is CCNC1CCC(C)CC1Oc1ccc(F)cc1F. The van der Waals surface area contributed by atoms with Crippen LogP contribution in [0.25, 0.3) is 0 Å². The lowest BCUT2D eigenvalue weighted by molar-refractivity contribution is 0.0876. The van der Waals surface area contributed by atoms with Crippen molar-refractivity contribution in [1.82, 2.24) is 5.32 Å². The summed E-state index contributed by atoms with van der Waals surface area (Å²) >= 11 is 0. The molecule has 19 heavy (non-hydrogen) atoms. The van der Waals surface area contributed by atoms with Crippen molar-refractivity contribution >= 4 is 0 Å². The average Bonchev–Trinajstić information content (AvgIpc) is 2.36. The van der Waals surface area contributed by atoms with E-state index in [1.165, 1.54) is 12.1 Å². The van der Waals surface area contributed by atoms with Crippen molar-refractivity contribution in [3.8, 4) is 5.75 Å². The van der Waals surface area contributed by atoms with E-state index in [1.54, 1.807) is 0 Å². The first-order chi connectivity index (χ1) is 9.10. The molecular formula is C15H21F2NO. The summed E-state index contributed by atoms with van der Waals surface area (Å²) in [5.74, 6) is -0.495. The van der Waals surface area contributed by atoms with Crippen LogP contribution in [0.1, 0.15) is 33.1 Å². The molecule has 3 unspecified atom stereocenters. The van der Waals surface area contributed by atoms with Crippen LogP contribution in [0.3, 0.4) is 0 Å². The van der Waals surface area contributed by atoms with Crippen LogP contribution >= 0.6 is 0 Å². The summed E-state index contributed by atoms with van der Waals surface area (Å²) in [5, 5.41) is 3.38. The van der Waals surface area contributed by atoms with E-state index >= 15 is 0 Å². The monoisotopic (exact) mass is 269 g/mol. The van der Waals surface area contributed by atoms with E-state index in [9.17, 15) is 8.78 Å². The van der Waals surface area contributed by atoms with Gasteiger partial charge >= 0.3 is 0 Å². The van der Waals surface area contributed by atoms with E-state index in [-0.39, 0.29) is 17.9 Å². The minimum absolute atomic E-state index is 0.0522. The lowest BCUT2D eigenvalue weighted by atomic mass is 9.85. The third-order valence-electron chi connectivity index (χ3n) is 3.69. The highest BCUT2D eigenvalue weighted by molar-refractivity contribution is 5.25. The molecule has 1 N–H and O–H groups in total. The first-order valence-corrected chi connectivity index (χ1v) is 6.95. The molecule has 1 aromatic carbocycles. The molecule has 1 fully saturated rings. The molecule has 0 radical (unpaired) electrons. The molecule has 0 spiro atoms. The molecule has 1 aliphatic carbocycles. The van der Waals surface area contributed by atoms with Crippen LogP contribution in [0, 0.1) is 17.6 Å². The largest absolute Gasteiger partial charge is 0.486 e. The average molecular weight is 269 g/mol. The zero-order chi connectivity index (χ0) is 13.8. The summed E-state index contributed by atoms with van der Waals surface area (Å²) in [6.45, 7) is 5.10. The van der Waals surface area contributed by atoms with Crippen molar-refractivity contribution in [2.24, 2.45) is 5.92 Å². The first-order valence-electron chi connectivity index (χ1n) is 6.95. The van der Waals surface area contributed by atoms with Gasteiger partial charge in [-0.25, -0.2) is 8.78 Å². The topological polar surface area (TPSA) is 21.3 Å². The molecule has 106 valence electrons. The predicted molar refractivity (Wildman–Crippen MR) is 71.3 cm³/mol. The van der Waals surface area contributed by atoms with Gasteiger partial charge in [-0.1, -0.05) is 13.8 Å². The smallest absolute Gasteiger partial charge is 0.167 e. The number of hydrogen-bond donors (Lipinski definition) is 1. The lowest BCUT2D eigenvalue weighted by Crippen LogP contribution is -2.46. The highest BCUT2D eigenvalue weighted by atomic mass is 19.1. The Kier molecular flexibility index (Phi) is 4.75. The summed E-state index contributed by atoms with van der Waals surface area (Å²) in [6.07, 6.45) is 3.03. The van der Waals surface area contributed by atoms with Crippen LogP contribution in [-0.4, -0.2) is 18.7 Å². The molecule has 0 amide bonds. The standard InChI is InChI=1S/C15H21F2NO/c1-3-18-13-6-4-10(2)8-15(13)19-14-7-5-11(16)9-12(14)17/h5,7,9-10,13,15,18H,3-4,6,8H2,1-2H3. The molecule has 0 aliphatic heterocycles. The van der Waals surface area contributed by atoms with Gasteiger partial charge in [-0.2, -0.15) is 0 Å². The number of benzene rings is 1. The Morgan fingerprint density at radius 3 is 2.79 bits per heavy atom. The molecular weight excluding hydrogens is 248 g/mol. The van der Waals surface area contributed by atoms with Crippen molar-refractivity contribution in [3.05, 3.63) is 29.8 Å². The fraction of sp³-hybridized carbons (Fsp3) is 0.600. The van der Waals surface area contributed by atoms with Gasteiger partial charge < -0.3 is 10.1 Å². The maximum atomic E-state index is 13.6. The zero-order valence-electron chi connectivity index (χ0n) is 11.5. The number of halogens is 2. The Hall–Kier alpha value is -1.16. The van der Waals surface area contributed by atoms with E-state index < -0.39 is 11.6 Å². The second-order valence-corrected chi connectivity index (χ2v) is 5.31.